The number of carboxylic acid groups (broad SMARTS) is 1. The number of carboxylic acids is 1. The zero-order valence-electron chi connectivity index (χ0n) is 12.3. The third kappa shape index (κ3) is 4.29. The molecular weight excluding hydrogens is 321 g/mol. The molecule has 2 aromatic carbocycles. The highest BCUT2D eigenvalue weighted by atomic mass is 35.5. The van der Waals surface area contributed by atoms with Crippen molar-refractivity contribution in [1.29, 1.82) is 0 Å². The van der Waals surface area contributed by atoms with Crippen molar-refractivity contribution < 1.29 is 19.1 Å². The second-order valence-electron chi connectivity index (χ2n) is 5.19. The lowest BCUT2D eigenvalue weighted by Gasteiger charge is -2.14. The molecule has 0 saturated heterocycles. The number of carbonyl (C=O) groups excluding carboxylic acids is 1. The molecule has 0 bridgehead atoms. The molecule has 0 aromatic heterocycles. The Labute approximate surface area is 137 Å². The standard InChI is InChI=1S/C17H15ClFNO3/c1-10(8-11-4-2-3-5-14(11)19)16(21)20-15-9-12(17(22)23)6-7-13(15)18/h2-7,9-10H,8H2,1H3,(H,20,21)(H,22,23). The summed E-state index contributed by atoms with van der Waals surface area (Å²) < 4.78 is 13.6. The molecule has 120 valence electrons. The van der Waals surface area contributed by atoms with Gasteiger partial charge in [-0.15, -0.1) is 0 Å². The Morgan fingerprint density at radius 2 is 1.96 bits per heavy atom. The first-order valence-electron chi connectivity index (χ1n) is 6.95. The molecule has 1 unspecified atom stereocenters. The summed E-state index contributed by atoms with van der Waals surface area (Å²) in [5, 5.41) is 11.8. The number of nitrogens with one attached hydrogen (secondary N) is 1. The Bertz CT molecular complexity index is 748. The normalized spacial score (nSPS) is 11.8. The predicted octanol–water partition coefficient (Wildman–Crippen LogP) is 3.99. The quantitative estimate of drug-likeness (QED) is 0.868. The van der Waals surface area contributed by atoms with Crippen LogP contribution in [0.1, 0.15) is 22.8 Å². The van der Waals surface area contributed by atoms with Gasteiger partial charge in [0.15, 0.2) is 0 Å². The fraction of sp³-hybridized carbons (Fsp3) is 0.176. The number of amides is 1. The second-order valence-corrected chi connectivity index (χ2v) is 5.59. The lowest BCUT2D eigenvalue weighted by Crippen LogP contribution is -2.22. The molecule has 0 fully saturated rings. The van der Waals surface area contributed by atoms with Gasteiger partial charge in [-0.05, 0) is 36.2 Å². The van der Waals surface area contributed by atoms with Gasteiger partial charge in [0, 0.05) is 5.92 Å². The smallest absolute Gasteiger partial charge is 0.335 e. The molecule has 0 aliphatic rings. The van der Waals surface area contributed by atoms with Crippen LogP contribution in [0, 0.1) is 11.7 Å². The van der Waals surface area contributed by atoms with Crippen LogP contribution in [0.15, 0.2) is 42.5 Å². The number of hydrogen-bond acceptors (Lipinski definition) is 2. The van der Waals surface area contributed by atoms with Crippen molar-refractivity contribution in [3.05, 3.63) is 64.4 Å². The Hall–Kier alpha value is -2.40. The van der Waals surface area contributed by atoms with Crippen molar-refractivity contribution in [3.8, 4) is 0 Å². The Kier molecular flexibility index (Phi) is 5.34. The number of anilines is 1. The summed E-state index contributed by atoms with van der Waals surface area (Å²) in [4.78, 5) is 23.2. The van der Waals surface area contributed by atoms with E-state index in [9.17, 15) is 14.0 Å². The largest absolute Gasteiger partial charge is 0.478 e. The Balaban J connectivity index is 2.11. The van der Waals surface area contributed by atoms with E-state index in [0.717, 1.165) is 0 Å². The number of carbonyl (C=O) groups is 2. The van der Waals surface area contributed by atoms with Gasteiger partial charge in [-0.1, -0.05) is 36.7 Å². The Morgan fingerprint density at radius 3 is 2.61 bits per heavy atom. The molecule has 0 radical (unpaired) electrons. The maximum absolute atomic E-state index is 13.6. The van der Waals surface area contributed by atoms with E-state index >= 15 is 0 Å². The lowest BCUT2D eigenvalue weighted by atomic mass is 10.00. The average Bonchev–Trinajstić information content (AvgIpc) is 2.51. The first kappa shape index (κ1) is 17.0. The molecule has 1 amide bonds. The first-order chi connectivity index (χ1) is 10.9. The maximum atomic E-state index is 13.6. The van der Waals surface area contributed by atoms with Gasteiger partial charge in [-0.3, -0.25) is 4.79 Å². The van der Waals surface area contributed by atoms with Crippen LogP contribution in [0.4, 0.5) is 10.1 Å². The summed E-state index contributed by atoms with van der Waals surface area (Å²) in [6.07, 6.45) is 0.231. The van der Waals surface area contributed by atoms with Crippen molar-refractivity contribution in [2.24, 2.45) is 5.92 Å². The van der Waals surface area contributed by atoms with Crippen molar-refractivity contribution in [2.45, 2.75) is 13.3 Å². The predicted molar refractivity (Wildman–Crippen MR) is 86.3 cm³/mol. The van der Waals surface area contributed by atoms with E-state index in [0.29, 0.717) is 5.56 Å². The third-order valence-corrected chi connectivity index (χ3v) is 3.73. The molecule has 0 saturated carbocycles. The van der Waals surface area contributed by atoms with Gasteiger partial charge in [0.2, 0.25) is 5.91 Å². The fourth-order valence-electron chi connectivity index (χ4n) is 2.10. The summed E-state index contributed by atoms with van der Waals surface area (Å²) in [6.45, 7) is 1.66. The van der Waals surface area contributed by atoms with E-state index in [2.05, 4.69) is 5.32 Å². The molecule has 4 nitrogen and oxygen atoms in total. The van der Waals surface area contributed by atoms with Crippen LogP contribution >= 0.6 is 11.6 Å². The summed E-state index contributed by atoms with van der Waals surface area (Å²) in [5.74, 6) is -2.34. The van der Waals surface area contributed by atoms with Crippen LogP contribution in [0.25, 0.3) is 0 Å². The Morgan fingerprint density at radius 1 is 1.26 bits per heavy atom. The van der Waals surface area contributed by atoms with Crippen LogP contribution in [0.5, 0.6) is 0 Å². The summed E-state index contributed by atoms with van der Waals surface area (Å²) >= 11 is 5.97. The lowest BCUT2D eigenvalue weighted by molar-refractivity contribution is -0.119. The summed E-state index contributed by atoms with van der Waals surface area (Å²) in [7, 11) is 0. The number of halogens is 2. The molecule has 0 aliphatic heterocycles. The molecule has 23 heavy (non-hydrogen) atoms. The van der Waals surface area contributed by atoms with Gasteiger partial charge >= 0.3 is 5.97 Å². The minimum Gasteiger partial charge on any atom is -0.478 e. The molecule has 0 heterocycles. The highest BCUT2D eigenvalue weighted by Gasteiger charge is 2.17. The van der Waals surface area contributed by atoms with E-state index in [1.165, 1.54) is 24.3 Å². The minimum atomic E-state index is -1.11. The van der Waals surface area contributed by atoms with Crippen LogP contribution in [0.2, 0.25) is 5.02 Å². The monoisotopic (exact) mass is 335 g/mol. The van der Waals surface area contributed by atoms with Gasteiger partial charge in [0.25, 0.3) is 0 Å². The number of hydrogen-bond donors (Lipinski definition) is 2. The van der Waals surface area contributed by atoms with Crippen molar-refractivity contribution >= 4 is 29.2 Å². The highest BCUT2D eigenvalue weighted by Crippen LogP contribution is 2.24. The molecule has 0 aliphatic carbocycles. The van der Waals surface area contributed by atoms with E-state index in [1.54, 1.807) is 25.1 Å². The van der Waals surface area contributed by atoms with Gasteiger partial charge in [0.1, 0.15) is 5.82 Å². The van der Waals surface area contributed by atoms with Crippen LogP contribution in [-0.2, 0) is 11.2 Å². The van der Waals surface area contributed by atoms with E-state index in [-0.39, 0.29) is 34.4 Å². The van der Waals surface area contributed by atoms with Gasteiger partial charge < -0.3 is 10.4 Å². The highest BCUT2D eigenvalue weighted by molar-refractivity contribution is 6.33. The second kappa shape index (κ2) is 7.24. The van der Waals surface area contributed by atoms with E-state index in [1.807, 2.05) is 0 Å². The van der Waals surface area contributed by atoms with Crippen molar-refractivity contribution in [2.75, 3.05) is 5.32 Å². The van der Waals surface area contributed by atoms with E-state index in [4.69, 9.17) is 16.7 Å². The zero-order valence-corrected chi connectivity index (χ0v) is 13.1. The molecule has 2 N–H and O–H groups in total. The van der Waals surface area contributed by atoms with Crippen LogP contribution in [0.3, 0.4) is 0 Å². The molecule has 6 heteroatoms. The number of aromatic carboxylic acids is 1. The summed E-state index contributed by atoms with van der Waals surface area (Å²) in [6, 6.07) is 10.3. The third-order valence-electron chi connectivity index (χ3n) is 3.40. The van der Waals surface area contributed by atoms with Crippen molar-refractivity contribution in [1.82, 2.24) is 0 Å². The first-order valence-corrected chi connectivity index (χ1v) is 7.33. The van der Waals surface area contributed by atoms with Gasteiger partial charge in [-0.25, -0.2) is 9.18 Å². The number of rotatable bonds is 5. The van der Waals surface area contributed by atoms with Crippen LogP contribution < -0.4 is 5.32 Å². The molecule has 2 aromatic rings. The van der Waals surface area contributed by atoms with Gasteiger partial charge in [-0.2, -0.15) is 0 Å². The fourth-order valence-corrected chi connectivity index (χ4v) is 2.26. The SMILES string of the molecule is CC(Cc1ccccc1F)C(=O)Nc1cc(C(=O)O)ccc1Cl. The van der Waals surface area contributed by atoms with Crippen LogP contribution in [-0.4, -0.2) is 17.0 Å². The van der Waals surface area contributed by atoms with Crippen molar-refractivity contribution in [3.63, 3.8) is 0 Å². The molecule has 0 spiro atoms. The molecular formula is C17H15ClFNO3. The van der Waals surface area contributed by atoms with Gasteiger partial charge in [0.05, 0.1) is 16.3 Å². The minimum absolute atomic E-state index is 0.0199. The average molecular weight is 336 g/mol. The molecule has 1 atom stereocenters. The number of benzene rings is 2. The zero-order chi connectivity index (χ0) is 17.0. The topological polar surface area (TPSA) is 66.4 Å². The molecule has 2 rings (SSSR count). The maximum Gasteiger partial charge on any atom is 0.335 e. The summed E-state index contributed by atoms with van der Waals surface area (Å²) in [5.41, 5.74) is 0.684. The van der Waals surface area contributed by atoms with E-state index < -0.39 is 11.9 Å².